The molecule has 2 aromatic carbocycles. The Balaban J connectivity index is 1.79. The number of rotatable bonds is 6. The number of halogens is 1. The molecule has 0 spiro atoms. The quantitative estimate of drug-likeness (QED) is 0.358. The van der Waals surface area contributed by atoms with Crippen LogP contribution in [0, 0.1) is 11.7 Å². The minimum atomic E-state index is -0.379. The maximum absolute atomic E-state index is 13.6. The fourth-order valence-electron chi connectivity index (χ4n) is 4.70. The molecule has 0 radical (unpaired) electrons. The zero-order valence-electron chi connectivity index (χ0n) is 20.8. The third-order valence-corrected chi connectivity index (χ3v) is 6.45. The van der Waals surface area contributed by atoms with Crippen LogP contribution in [0.3, 0.4) is 0 Å². The Labute approximate surface area is 207 Å². The van der Waals surface area contributed by atoms with Crippen LogP contribution in [0.5, 0.6) is 0 Å². The van der Waals surface area contributed by atoms with Crippen LogP contribution >= 0.6 is 0 Å². The van der Waals surface area contributed by atoms with Gasteiger partial charge in [-0.05, 0) is 46.9 Å². The zero-order valence-corrected chi connectivity index (χ0v) is 20.8. The summed E-state index contributed by atoms with van der Waals surface area (Å²) in [6, 6.07) is 18.1. The van der Waals surface area contributed by atoms with Gasteiger partial charge in [-0.1, -0.05) is 50.2 Å². The second-order valence-corrected chi connectivity index (χ2v) is 9.52. The van der Waals surface area contributed by atoms with E-state index in [-0.39, 0.29) is 23.0 Å². The van der Waals surface area contributed by atoms with Gasteiger partial charge in [-0.3, -0.25) is 18.6 Å². The largest absolute Gasteiger partial charge is 0.349 e. The van der Waals surface area contributed by atoms with E-state index in [2.05, 4.69) is 0 Å². The van der Waals surface area contributed by atoms with Gasteiger partial charge >= 0.3 is 5.69 Å². The minimum absolute atomic E-state index is 0.186. The van der Waals surface area contributed by atoms with E-state index >= 15 is 0 Å². The van der Waals surface area contributed by atoms with Crippen molar-refractivity contribution in [3.8, 4) is 22.5 Å². The molecule has 3 aromatic heterocycles. The Kier molecular flexibility index (Phi) is 5.96. The lowest BCUT2D eigenvalue weighted by molar-refractivity contribution is 0.498. The molecule has 0 N–H and O–H groups in total. The van der Waals surface area contributed by atoms with Crippen molar-refractivity contribution in [2.45, 2.75) is 26.9 Å². The highest BCUT2D eigenvalue weighted by atomic mass is 19.1. The van der Waals surface area contributed by atoms with Crippen molar-refractivity contribution in [2.24, 2.45) is 20.0 Å². The average molecular weight is 486 g/mol. The molecule has 0 saturated heterocycles. The van der Waals surface area contributed by atoms with E-state index in [0.717, 1.165) is 27.0 Å². The summed E-state index contributed by atoms with van der Waals surface area (Å²) < 4.78 is 20.1. The normalized spacial score (nSPS) is 11.6. The lowest BCUT2D eigenvalue weighted by Crippen LogP contribution is -2.38. The summed E-state index contributed by atoms with van der Waals surface area (Å²) in [5.74, 6) is -0.106. The van der Waals surface area contributed by atoms with E-state index in [4.69, 9.17) is 5.10 Å². The smallest absolute Gasteiger partial charge is 0.332 e. The molecule has 0 unspecified atom stereocenters. The van der Waals surface area contributed by atoms with Gasteiger partial charge in [0.25, 0.3) is 5.56 Å². The number of hydrogen-bond donors (Lipinski definition) is 0. The summed E-state index contributed by atoms with van der Waals surface area (Å²) >= 11 is 0. The Morgan fingerprint density at radius 1 is 0.944 bits per heavy atom. The fraction of sp³-hybridized carbons (Fsp3) is 0.250. The first-order chi connectivity index (χ1) is 17.3. The average Bonchev–Trinajstić information content (AvgIpc) is 3.44. The van der Waals surface area contributed by atoms with Crippen LogP contribution < -0.4 is 11.2 Å². The molecule has 0 amide bonds. The highest BCUT2D eigenvalue weighted by Crippen LogP contribution is 2.30. The van der Waals surface area contributed by atoms with Crippen molar-refractivity contribution in [2.75, 3.05) is 0 Å². The van der Waals surface area contributed by atoms with E-state index < -0.39 is 0 Å². The molecule has 0 fully saturated rings. The first kappa shape index (κ1) is 23.5. The van der Waals surface area contributed by atoms with Crippen molar-refractivity contribution >= 4 is 11.0 Å². The van der Waals surface area contributed by atoms with Gasteiger partial charge in [-0.15, -0.1) is 0 Å². The predicted octanol–water partition coefficient (Wildman–Crippen LogP) is 4.41. The number of nitrogens with zero attached hydrogens (tertiary/aromatic N) is 5. The van der Waals surface area contributed by atoms with Crippen molar-refractivity contribution < 1.29 is 4.39 Å². The number of hydrogen-bond acceptors (Lipinski definition) is 3. The molecule has 0 saturated carbocycles. The van der Waals surface area contributed by atoms with Crippen molar-refractivity contribution in [3.63, 3.8) is 0 Å². The van der Waals surface area contributed by atoms with Gasteiger partial charge in [-0.2, -0.15) is 5.10 Å². The molecule has 5 aromatic rings. The summed E-state index contributed by atoms with van der Waals surface area (Å²) in [7, 11) is 3.43. The van der Waals surface area contributed by atoms with Gasteiger partial charge in [0.1, 0.15) is 16.9 Å². The third kappa shape index (κ3) is 3.98. The highest BCUT2D eigenvalue weighted by molar-refractivity contribution is 5.90. The van der Waals surface area contributed by atoms with Crippen molar-refractivity contribution in [1.29, 1.82) is 0 Å². The third-order valence-electron chi connectivity index (χ3n) is 6.45. The maximum atomic E-state index is 13.6. The van der Waals surface area contributed by atoms with E-state index in [1.165, 1.54) is 19.2 Å². The highest BCUT2D eigenvalue weighted by Gasteiger charge is 2.24. The fourth-order valence-corrected chi connectivity index (χ4v) is 4.70. The first-order valence-corrected chi connectivity index (χ1v) is 11.9. The van der Waals surface area contributed by atoms with Crippen LogP contribution in [0.25, 0.3) is 33.5 Å². The molecular weight excluding hydrogens is 457 g/mol. The molecule has 7 nitrogen and oxygen atoms in total. The molecule has 8 heteroatoms. The molecule has 184 valence electrons. The van der Waals surface area contributed by atoms with E-state index in [0.29, 0.717) is 29.8 Å². The molecular formula is C28H28FN5O2. The second kappa shape index (κ2) is 9.11. The predicted molar refractivity (Wildman–Crippen MR) is 139 cm³/mol. The Hall–Kier alpha value is -4.20. The summed E-state index contributed by atoms with van der Waals surface area (Å²) in [5.41, 5.74) is 3.90. The van der Waals surface area contributed by atoms with Gasteiger partial charge < -0.3 is 4.57 Å². The monoisotopic (exact) mass is 485 g/mol. The van der Waals surface area contributed by atoms with Gasteiger partial charge in [0.2, 0.25) is 0 Å². The number of aromatic nitrogens is 5. The van der Waals surface area contributed by atoms with Crippen LogP contribution in [-0.4, -0.2) is 23.5 Å². The Morgan fingerprint density at radius 2 is 1.67 bits per heavy atom. The second-order valence-electron chi connectivity index (χ2n) is 9.52. The van der Waals surface area contributed by atoms with Crippen molar-refractivity contribution in [3.05, 3.63) is 99.1 Å². The molecule has 0 aliphatic heterocycles. The molecule has 0 aliphatic carbocycles. The van der Waals surface area contributed by atoms with Crippen LogP contribution in [0.15, 0.2) is 76.4 Å². The number of fused-ring (bicyclic) bond motifs is 1. The van der Waals surface area contributed by atoms with Crippen LogP contribution in [0.1, 0.15) is 19.4 Å². The van der Waals surface area contributed by atoms with Gasteiger partial charge in [0, 0.05) is 26.8 Å². The standard InChI is InChI=1S/C28H28FN5O2/c1-18(2)16-33-26-24(27(35)32(4)28(33)36)25(23-10-7-15-31(23)3)34(30-26)17-20-8-5-6-9-22(20)19-11-13-21(29)14-12-19/h5-15,18H,16-17H2,1-4H3. The van der Waals surface area contributed by atoms with Gasteiger partial charge in [0.05, 0.1) is 12.2 Å². The molecule has 0 bridgehead atoms. The van der Waals surface area contributed by atoms with Crippen LogP contribution in [0.2, 0.25) is 0 Å². The lowest BCUT2D eigenvalue weighted by atomic mass is 9.99. The van der Waals surface area contributed by atoms with Crippen LogP contribution in [0.4, 0.5) is 4.39 Å². The summed E-state index contributed by atoms with van der Waals surface area (Å²) in [4.78, 5) is 26.5. The van der Waals surface area contributed by atoms with E-state index in [1.54, 1.807) is 21.4 Å². The Bertz CT molecular complexity index is 1690. The first-order valence-electron chi connectivity index (χ1n) is 11.9. The maximum Gasteiger partial charge on any atom is 0.332 e. The Morgan fingerprint density at radius 3 is 2.33 bits per heavy atom. The summed E-state index contributed by atoms with van der Waals surface area (Å²) in [6.07, 6.45) is 1.92. The van der Waals surface area contributed by atoms with E-state index in [9.17, 15) is 14.0 Å². The number of benzene rings is 2. The lowest BCUT2D eigenvalue weighted by Gasteiger charge is -2.13. The van der Waals surface area contributed by atoms with Gasteiger partial charge in [-0.25, -0.2) is 9.18 Å². The molecule has 5 rings (SSSR count). The summed E-state index contributed by atoms with van der Waals surface area (Å²) in [6.45, 7) is 4.86. The zero-order chi connectivity index (χ0) is 25.6. The molecule has 3 heterocycles. The van der Waals surface area contributed by atoms with Crippen LogP contribution in [-0.2, 0) is 27.2 Å². The van der Waals surface area contributed by atoms with Crippen molar-refractivity contribution in [1.82, 2.24) is 23.5 Å². The minimum Gasteiger partial charge on any atom is -0.349 e. The summed E-state index contributed by atoms with van der Waals surface area (Å²) in [5, 5.41) is 5.28. The topological polar surface area (TPSA) is 66.8 Å². The number of aryl methyl sites for hydroxylation is 1. The molecule has 0 atom stereocenters. The molecule has 0 aliphatic rings. The SMILES string of the molecule is CC(C)Cn1c(=O)n(C)c(=O)c2c(-c3cccn3C)n(Cc3ccccc3-c3ccc(F)cc3)nc21. The van der Waals surface area contributed by atoms with Gasteiger partial charge in [0.15, 0.2) is 5.65 Å². The molecule has 36 heavy (non-hydrogen) atoms. The van der Waals surface area contributed by atoms with E-state index in [1.807, 2.05) is 68.1 Å².